The van der Waals surface area contributed by atoms with Gasteiger partial charge in [-0.3, -0.25) is 9.59 Å². The van der Waals surface area contributed by atoms with Gasteiger partial charge in [0.05, 0.1) is 6.61 Å². The van der Waals surface area contributed by atoms with Gasteiger partial charge >= 0.3 is 0 Å². The van der Waals surface area contributed by atoms with Gasteiger partial charge in [-0.15, -0.1) is 0 Å². The average Bonchev–Trinajstić information content (AvgIpc) is 2.98. The molecule has 0 heterocycles. The predicted molar refractivity (Wildman–Crippen MR) is 75.2 cm³/mol. The highest BCUT2D eigenvalue weighted by atomic mass is 16.3. The SMILES string of the molecule is O=C(N[C@@H](CO)C(=O)NC1CCCC1)c1ccccc1. The number of hydrogen-bond acceptors (Lipinski definition) is 3. The molecule has 3 N–H and O–H groups in total. The number of carbonyl (C=O) groups is 2. The zero-order valence-corrected chi connectivity index (χ0v) is 11.3. The second-order valence-electron chi connectivity index (χ2n) is 5.06. The Hall–Kier alpha value is -1.88. The van der Waals surface area contributed by atoms with Crippen molar-refractivity contribution >= 4 is 11.8 Å². The lowest BCUT2D eigenvalue weighted by Crippen LogP contribution is -2.51. The number of amides is 2. The van der Waals surface area contributed by atoms with Crippen LogP contribution in [-0.2, 0) is 4.79 Å². The first-order valence-electron chi connectivity index (χ1n) is 6.98. The van der Waals surface area contributed by atoms with Crippen LogP contribution in [0.15, 0.2) is 30.3 Å². The first-order chi connectivity index (χ1) is 9.70. The fourth-order valence-corrected chi connectivity index (χ4v) is 2.40. The standard InChI is InChI=1S/C15H20N2O3/c18-10-13(15(20)16-12-8-4-5-9-12)17-14(19)11-6-2-1-3-7-11/h1-3,6-7,12-13,18H,4-5,8-10H2,(H,16,20)(H,17,19)/t13-/m0/s1. The molecule has 1 aromatic carbocycles. The van der Waals surface area contributed by atoms with Crippen molar-refractivity contribution in [2.75, 3.05) is 6.61 Å². The fraction of sp³-hybridized carbons (Fsp3) is 0.467. The molecule has 0 unspecified atom stereocenters. The molecule has 0 bridgehead atoms. The van der Waals surface area contributed by atoms with Crippen LogP contribution in [0.4, 0.5) is 0 Å². The summed E-state index contributed by atoms with van der Waals surface area (Å²) in [5.41, 5.74) is 0.472. The van der Waals surface area contributed by atoms with Crippen molar-refractivity contribution in [1.29, 1.82) is 0 Å². The molecule has 1 aliphatic carbocycles. The molecule has 5 nitrogen and oxygen atoms in total. The molecule has 5 heteroatoms. The van der Waals surface area contributed by atoms with Crippen molar-refractivity contribution < 1.29 is 14.7 Å². The zero-order chi connectivity index (χ0) is 14.4. The summed E-state index contributed by atoms with van der Waals surface area (Å²) < 4.78 is 0. The van der Waals surface area contributed by atoms with Gasteiger partial charge in [-0.25, -0.2) is 0 Å². The van der Waals surface area contributed by atoms with Crippen LogP contribution < -0.4 is 10.6 Å². The van der Waals surface area contributed by atoms with Gasteiger partial charge in [0.1, 0.15) is 6.04 Å². The van der Waals surface area contributed by atoms with Gasteiger partial charge in [-0.05, 0) is 25.0 Å². The minimum Gasteiger partial charge on any atom is -0.394 e. The normalized spacial score (nSPS) is 16.6. The molecule has 0 saturated heterocycles. The molecule has 1 aliphatic rings. The summed E-state index contributed by atoms with van der Waals surface area (Å²) >= 11 is 0. The van der Waals surface area contributed by atoms with Gasteiger partial charge in [0.15, 0.2) is 0 Å². The van der Waals surface area contributed by atoms with Crippen LogP contribution in [0.2, 0.25) is 0 Å². The molecule has 1 saturated carbocycles. The Morgan fingerprint density at radius 2 is 1.85 bits per heavy atom. The van der Waals surface area contributed by atoms with Crippen LogP contribution in [0.1, 0.15) is 36.0 Å². The van der Waals surface area contributed by atoms with Gasteiger partial charge in [0, 0.05) is 11.6 Å². The third kappa shape index (κ3) is 3.81. The summed E-state index contributed by atoms with van der Waals surface area (Å²) in [5, 5.41) is 14.7. The van der Waals surface area contributed by atoms with Gasteiger partial charge in [-0.2, -0.15) is 0 Å². The van der Waals surface area contributed by atoms with Crippen molar-refractivity contribution in [2.24, 2.45) is 0 Å². The summed E-state index contributed by atoms with van der Waals surface area (Å²) in [5.74, 6) is -0.671. The van der Waals surface area contributed by atoms with E-state index in [0.717, 1.165) is 25.7 Å². The number of carbonyl (C=O) groups excluding carboxylic acids is 2. The van der Waals surface area contributed by atoms with Crippen molar-refractivity contribution in [3.05, 3.63) is 35.9 Å². The highest BCUT2D eigenvalue weighted by Gasteiger charge is 2.24. The van der Waals surface area contributed by atoms with Gasteiger partial charge in [0.25, 0.3) is 5.91 Å². The lowest BCUT2D eigenvalue weighted by molar-refractivity contribution is -0.124. The van der Waals surface area contributed by atoms with E-state index >= 15 is 0 Å². The Morgan fingerprint density at radius 3 is 2.45 bits per heavy atom. The number of rotatable bonds is 5. The van der Waals surface area contributed by atoms with Crippen LogP contribution in [0, 0.1) is 0 Å². The number of aliphatic hydroxyl groups is 1. The van der Waals surface area contributed by atoms with E-state index in [1.807, 2.05) is 6.07 Å². The smallest absolute Gasteiger partial charge is 0.251 e. The lowest BCUT2D eigenvalue weighted by atomic mass is 10.2. The van der Waals surface area contributed by atoms with E-state index in [1.54, 1.807) is 24.3 Å². The number of aliphatic hydroxyl groups excluding tert-OH is 1. The van der Waals surface area contributed by atoms with Crippen molar-refractivity contribution in [3.63, 3.8) is 0 Å². The van der Waals surface area contributed by atoms with E-state index in [1.165, 1.54) is 0 Å². The van der Waals surface area contributed by atoms with E-state index in [4.69, 9.17) is 0 Å². The minimum absolute atomic E-state index is 0.171. The molecule has 1 fully saturated rings. The van der Waals surface area contributed by atoms with Crippen LogP contribution in [0.25, 0.3) is 0 Å². The molecule has 1 atom stereocenters. The van der Waals surface area contributed by atoms with Gasteiger partial charge < -0.3 is 15.7 Å². The quantitative estimate of drug-likeness (QED) is 0.745. The minimum atomic E-state index is -0.900. The number of nitrogens with one attached hydrogen (secondary N) is 2. The topological polar surface area (TPSA) is 78.4 Å². The van der Waals surface area contributed by atoms with Crippen LogP contribution >= 0.6 is 0 Å². The van der Waals surface area contributed by atoms with E-state index in [2.05, 4.69) is 10.6 Å². The summed E-state index contributed by atoms with van der Waals surface area (Å²) in [7, 11) is 0. The first-order valence-corrected chi connectivity index (χ1v) is 6.98. The number of hydrogen-bond donors (Lipinski definition) is 3. The van der Waals surface area contributed by atoms with E-state index in [0.29, 0.717) is 5.56 Å². The second-order valence-corrected chi connectivity index (χ2v) is 5.06. The van der Waals surface area contributed by atoms with Crippen molar-refractivity contribution in [2.45, 2.75) is 37.8 Å². The monoisotopic (exact) mass is 276 g/mol. The summed E-state index contributed by atoms with van der Waals surface area (Å²) in [6.45, 7) is -0.406. The summed E-state index contributed by atoms with van der Waals surface area (Å²) in [6.07, 6.45) is 4.17. The van der Waals surface area contributed by atoms with E-state index in [9.17, 15) is 14.7 Å². The highest BCUT2D eigenvalue weighted by molar-refractivity contribution is 5.97. The predicted octanol–water partition coefficient (Wildman–Crippen LogP) is 0.836. The number of benzene rings is 1. The Kier molecular flexibility index (Phi) is 5.12. The lowest BCUT2D eigenvalue weighted by Gasteiger charge is -2.19. The Morgan fingerprint density at radius 1 is 1.20 bits per heavy atom. The fourth-order valence-electron chi connectivity index (χ4n) is 2.40. The summed E-state index contributed by atoms with van der Waals surface area (Å²) in [4.78, 5) is 24.0. The van der Waals surface area contributed by atoms with Crippen LogP contribution in [-0.4, -0.2) is 35.6 Å². The molecule has 0 radical (unpaired) electrons. The Labute approximate surface area is 118 Å². The van der Waals surface area contributed by atoms with E-state index in [-0.39, 0.29) is 17.9 Å². The largest absolute Gasteiger partial charge is 0.394 e. The molecule has 0 aromatic heterocycles. The van der Waals surface area contributed by atoms with E-state index < -0.39 is 12.6 Å². The third-order valence-electron chi connectivity index (χ3n) is 3.54. The second kappa shape index (κ2) is 7.05. The molecule has 1 aromatic rings. The average molecular weight is 276 g/mol. The Balaban J connectivity index is 1.91. The van der Waals surface area contributed by atoms with Crippen molar-refractivity contribution in [1.82, 2.24) is 10.6 Å². The molecule has 0 spiro atoms. The van der Waals surface area contributed by atoms with Crippen LogP contribution in [0.5, 0.6) is 0 Å². The molecule has 0 aliphatic heterocycles. The van der Waals surface area contributed by atoms with Gasteiger partial charge in [0.2, 0.25) is 5.91 Å². The molecule has 108 valence electrons. The molecular weight excluding hydrogens is 256 g/mol. The van der Waals surface area contributed by atoms with Crippen molar-refractivity contribution in [3.8, 4) is 0 Å². The molecule has 2 rings (SSSR count). The highest BCUT2D eigenvalue weighted by Crippen LogP contribution is 2.17. The molecule has 20 heavy (non-hydrogen) atoms. The zero-order valence-electron chi connectivity index (χ0n) is 11.3. The van der Waals surface area contributed by atoms with Crippen LogP contribution in [0.3, 0.4) is 0 Å². The first kappa shape index (κ1) is 14.5. The molecule has 2 amide bonds. The maximum atomic E-state index is 12.0. The summed E-state index contributed by atoms with van der Waals surface area (Å²) in [6, 6.07) is 7.92. The molecular formula is C15H20N2O3. The maximum absolute atomic E-state index is 12.0. The van der Waals surface area contributed by atoms with Gasteiger partial charge in [-0.1, -0.05) is 31.0 Å². The third-order valence-corrected chi connectivity index (χ3v) is 3.54. The maximum Gasteiger partial charge on any atom is 0.251 e. The Bertz CT molecular complexity index is 455.